The summed E-state index contributed by atoms with van der Waals surface area (Å²) >= 11 is 6.24. The number of nitrogens with zero attached hydrogens (tertiary/aromatic N) is 8. The Kier molecular flexibility index (Phi) is 13.7. The van der Waals surface area contributed by atoms with Crippen LogP contribution in [0.5, 0.6) is 5.75 Å². The van der Waals surface area contributed by atoms with Gasteiger partial charge < -0.3 is 30.8 Å². The van der Waals surface area contributed by atoms with E-state index in [0.717, 1.165) is 101 Å². The number of nitrogen functional groups attached to an aromatic ring is 2. The lowest BCUT2D eigenvalue weighted by atomic mass is 10.1. The minimum Gasteiger partial charge on any atom is -0.486 e. The van der Waals surface area contributed by atoms with Crippen LogP contribution in [-0.4, -0.2) is 68.2 Å². The quantitative estimate of drug-likeness (QED) is 0.0977. The summed E-state index contributed by atoms with van der Waals surface area (Å²) in [7, 11) is 0. The number of pyridine rings is 2. The number of aromatic nitrogens is 10. The van der Waals surface area contributed by atoms with Crippen molar-refractivity contribution in [2.45, 2.75) is 71.6 Å². The smallest absolute Gasteiger partial charge is 0.150 e. The van der Waals surface area contributed by atoms with Crippen LogP contribution in [0.25, 0.3) is 44.3 Å². The Morgan fingerprint density at radius 1 is 0.717 bits per heavy atom. The van der Waals surface area contributed by atoms with Crippen LogP contribution in [0.15, 0.2) is 97.6 Å². The molecule has 7 N–H and O–H groups in total. The molecule has 0 saturated carbocycles. The molecule has 2 aromatic carbocycles. The summed E-state index contributed by atoms with van der Waals surface area (Å²) in [6.07, 6.45) is 13.5. The summed E-state index contributed by atoms with van der Waals surface area (Å²) in [6.45, 7) is 2.01. The zero-order valence-electron chi connectivity index (χ0n) is 32.2. The molecule has 2 fully saturated rings. The van der Waals surface area contributed by atoms with Gasteiger partial charge >= 0.3 is 0 Å². The van der Waals surface area contributed by atoms with Crippen molar-refractivity contribution in [2.75, 3.05) is 24.7 Å². The maximum absolute atomic E-state index is 9.02. The first-order chi connectivity index (χ1) is 28.9. The number of hydrogen-bond donors (Lipinski definition) is 5. The van der Waals surface area contributed by atoms with Crippen LogP contribution >= 0.6 is 11.6 Å². The number of hydrogen-bond acceptors (Lipinski definition) is 12. The molecule has 0 bridgehead atoms. The topological polar surface area (TPSA) is 219 Å². The lowest BCUT2D eigenvalue weighted by molar-refractivity contribution is -0.0426. The second kappa shape index (κ2) is 19.6. The summed E-state index contributed by atoms with van der Waals surface area (Å²) in [5.41, 5.74) is 19.0. The number of nitrogens with one attached hydrogen (secondary N) is 2. The molecule has 0 radical (unpaired) electrons. The highest BCUT2D eigenvalue weighted by atomic mass is 35.5. The molecule has 0 aliphatic carbocycles. The van der Waals surface area contributed by atoms with Crippen LogP contribution in [0.1, 0.15) is 69.8 Å². The molecule has 2 atom stereocenters. The molecule has 2 aliphatic heterocycles. The number of halogens is 1. The number of aliphatic hydroxyl groups is 1. The van der Waals surface area contributed by atoms with Crippen molar-refractivity contribution in [1.82, 2.24) is 49.9 Å². The zero-order chi connectivity index (χ0) is 40.6. The predicted octanol–water partition coefficient (Wildman–Crippen LogP) is 8.25. The minimum atomic E-state index is 0. The molecule has 2 saturated heterocycles. The Hall–Kier alpha value is -6.33. The first-order valence-electron chi connectivity index (χ1n) is 19.5. The average Bonchev–Trinajstić information content (AvgIpc) is 4.12. The van der Waals surface area contributed by atoms with Gasteiger partial charge in [-0.05, 0) is 87.1 Å². The highest BCUT2D eigenvalue weighted by Crippen LogP contribution is 2.33. The Bertz CT molecular complexity index is 2580. The second-order valence-electron chi connectivity index (χ2n) is 14.1. The number of H-pyrrole nitrogens is 2. The standard InChI is InChI=1S/C17H17ClN4O.C16H14N6O.C9H14N2O2.CH4/c18-13-10-16(19)21-14-9-11(4-5-12(13)14)15-6-7-20-22(15)17-3-1-2-8-23-17;17-16-8-15(23-9-11-3-5-18-21-11)12-2-1-10(7-14(12)20-16)13-4-6-19-22-13;12-7-8-4-5-10-11(8)9-3-1-2-6-13-9;/h4-7,9-10,17H,1-3,8H2,(H2,19,21);1-8H,9H2,(H2,17,20)(H,18,21)(H,19,22);4-5,9,12H,1-3,6-7H2;1H4. The largest absolute Gasteiger partial charge is 0.486 e. The van der Waals surface area contributed by atoms with E-state index in [-0.39, 0.29) is 26.5 Å². The van der Waals surface area contributed by atoms with Crippen molar-refractivity contribution >= 4 is 45.0 Å². The summed E-state index contributed by atoms with van der Waals surface area (Å²) in [6, 6.07) is 22.9. The fourth-order valence-corrected chi connectivity index (χ4v) is 7.41. The van der Waals surface area contributed by atoms with Crippen molar-refractivity contribution in [3.63, 3.8) is 0 Å². The van der Waals surface area contributed by atoms with Gasteiger partial charge in [0.05, 0.1) is 45.4 Å². The van der Waals surface area contributed by atoms with E-state index in [1.165, 1.54) is 6.42 Å². The summed E-state index contributed by atoms with van der Waals surface area (Å²) < 4.78 is 21.0. The molecule has 60 heavy (non-hydrogen) atoms. The maximum Gasteiger partial charge on any atom is 0.150 e. The monoisotopic (exact) mass is 832 g/mol. The minimum absolute atomic E-state index is 0. The van der Waals surface area contributed by atoms with Gasteiger partial charge in [0, 0.05) is 66.0 Å². The molecule has 0 amide bonds. The normalized spacial score (nSPS) is 16.3. The number of nitrogens with two attached hydrogens (primary N) is 2. The Morgan fingerprint density at radius 3 is 2.07 bits per heavy atom. The third-order valence-corrected chi connectivity index (χ3v) is 10.4. The molecule has 8 heterocycles. The molecule has 2 aliphatic rings. The van der Waals surface area contributed by atoms with Gasteiger partial charge in [-0.25, -0.2) is 19.3 Å². The van der Waals surface area contributed by atoms with Gasteiger partial charge in [-0.15, -0.1) is 0 Å². The van der Waals surface area contributed by atoms with E-state index in [9.17, 15) is 0 Å². The van der Waals surface area contributed by atoms with Gasteiger partial charge in [-0.3, -0.25) is 10.2 Å². The number of anilines is 2. The first kappa shape index (κ1) is 41.8. The average molecular weight is 833 g/mol. The SMILES string of the molecule is C.Nc1cc(Cl)c2ccc(-c3ccnn3C3CCCCO3)cc2n1.Nc1cc(OCc2ccn[nH]2)c2ccc(-c3ccn[nH]3)cc2n1.OCc1ccnn1C1CCCCO1. The second-order valence-corrected chi connectivity index (χ2v) is 14.5. The molecular weight excluding hydrogens is 784 g/mol. The van der Waals surface area contributed by atoms with Crippen LogP contribution < -0.4 is 16.2 Å². The highest BCUT2D eigenvalue weighted by molar-refractivity contribution is 6.35. The fourth-order valence-electron chi connectivity index (χ4n) is 7.14. The van der Waals surface area contributed by atoms with Gasteiger partial charge in [-0.2, -0.15) is 20.4 Å². The van der Waals surface area contributed by atoms with Crippen LogP contribution in [-0.2, 0) is 22.7 Å². The van der Waals surface area contributed by atoms with Crippen molar-refractivity contribution in [3.8, 4) is 28.3 Å². The number of benzene rings is 2. The van der Waals surface area contributed by atoms with Crippen molar-refractivity contribution in [1.29, 1.82) is 0 Å². The summed E-state index contributed by atoms with van der Waals surface area (Å²) in [5, 5.41) is 33.7. The predicted molar refractivity (Wildman–Crippen MR) is 232 cm³/mol. The third-order valence-electron chi connectivity index (χ3n) is 10.1. The number of rotatable bonds is 8. The van der Waals surface area contributed by atoms with E-state index in [4.69, 9.17) is 42.4 Å². The molecule has 17 heteroatoms. The molecule has 2 unspecified atom stereocenters. The van der Waals surface area contributed by atoms with E-state index in [1.807, 2.05) is 65.3 Å². The molecule has 16 nitrogen and oxygen atoms in total. The highest BCUT2D eigenvalue weighted by Gasteiger charge is 2.20. The number of aliphatic hydroxyl groups excluding tert-OH is 1. The maximum atomic E-state index is 9.02. The number of fused-ring (bicyclic) bond motifs is 2. The molecule has 8 aromatic rings. The fraction of sp³-hybridized carbons (Fsp3) is 0.302. The molecule has 6 aromatic heterocycles. The summed E-state index contributed by atoms with van der Waals surface area (Å²) in [5.74, 6) is 1.53. The van der Waals surface area contributed by atoms with E-state index >= 15 is 0 Å². The van der Waals surface area contributed by atoms with E-state index in [2.05, 4.69) is 40.6 Å². The Balaban J connectivity index is 0.000000141. The first-order valence-corrected chi connectivity index (χ1v) is 19.9. The number of ether oxygens (including phenoxy) is 3. The lowest BCUT2D eigenvalue weighted by Crippen LogP contribution is -2.20. The molecule has 312 valence electrons. The van der Waals surface area contributed by atoms with Crippen LogP contribution in [0.2, 0.25) is 5.02 Å². The van der Waals surface area contributed by atoms with Gasteiger partial charge in [0.15, 0.2) is 12.5 Å². The van der Waals surface area contributed by atoms with Crippen LogP contribution in [0.4, 0.5) is 11.6 Å². The molecule has 10 rings (SSSR count). The van der Waals surface area contributed by atoms with Gasteiger partial charge in [0.25, 0.3) is 0 Å². The molecular formula is C43H49ClN12O4. The lowest BCUT2D eigenvalue weighted by Gasteiger charge is -2.24. The van der Waals surface area contributed by atoms with E-state index < -0.39 is 0 Å². The Labute approximate surface area is 351 Å². The van der Waals surface area contributed by atoms with E-state index in [1.54, 1.807) is 41.6 Å². The van der Waals surface area contributed by atoms with Crippen LogP contribution in [0.3, 0.4) is 0 Å². The van der Waals surface area contributed by atoms with Crippen molar-refractivity contribution < 1.29 is 19.3 Å². The van der Waals surface area contributed by atoms with Crippen molar-refractivity contribution in [3.05, 3.63) is 114 Å². The third kappa shape index (κ3) is 9.75. The van der Waals surface area contributed by atoms with Crippen LogP contribution in [0, 0.1) is 0 Å². The van der Waals surface area contributed by atoms with E-state index in [0.29, 0.717) is 29.0 Å². The Morgan fingerprint density at radius 2 is 1.37 bits per heavy atom. The van der Waals surface area contributed by atoms with Gasteiger partial charge in [0.1, 0.15) is 24.0 Å². The molecule has 0 spiro atoms. The zero-order valence-corrected chi connectivity index (χ0v) is 33.0. The van der Waals surface area contributed by atoms with Gasteiger partial charge in [0.2, 0.25) is 0 Å². The number of aromatic amines is 2. The van der Waals surface area contributed by atoms with Crippen molar-refractivity contribution in [2.24, 2.45) is 0 Å². The van der Waals surface area contributed by atoms with Gasteiger partial charge in [-0.1, -0.05) is 37.2 Å². The summed E-state index contributed by atoms with van der Waals surface area (Å²) in [4.78, 5) is 8.78.